The Morgan fingerprint density at radius 3 is 1.26 bits per heavy atom. The summed E-state index contributed by atoms with van der Waals surface area (Å²) in [5.74, 6) is -1.10. The number of unbranched alkanes of at least 4 members (excludes halogenated alkanes) is 13. The number of aliphatic hydroxyl groups is 2. The monoisotopic (exact) mass is 456 g/mol. The number of aliphatic carboxylic acids is 1. The third-order valence-electron chi connectivity index (χ3n) is 4.17. The summed E-state index contributed by atoms with van der Waals surface area (Å²) in [7, 11) is 0. The van der Waals surface area contributed by atoms with Crippen LogP contribution in [0.15, 0.2) is 0 Å². The van der Waals surface area contributed by atoms with Gasteiger partial charge in [0, 0.05) is 6.61 Å². The van der Waals surface area contributed by atoms with Crippen LogP contribution in [0.5, 0.6) is 0 Å². The fourth-order valence-electron chi connectivity index (χ4n) is 2.69. The molecule has 0 saturated heterocycles. The molecule has 5 heteroatoms. The van der Waals surface area contributed by atoms with Gasteiger partial charge in [-0.2, -0.15) is 0 Å². The van der Waals surface area contributed by atoms with E-state index in [2.05, 4.69) is 0 Å². The van der Waals surface area contributed by atoms with Gasteiger partial charge in [-0.25, -0.2) is 4.79 Å². The van der Waals surface area contributed by atoms with E-state index in [1.165, 1.54) is 64.2 Å². The Hall–Kier alpha value is 0.961. The van der Waals surface area contributed by atoms with Gasteiger partial charge in [0.25, 0.3) is 0 Å². The summed E-state index contributed by atoms with van der Waals surface area (Å²) < 4.78 is 0. The molecule has 0 aliphatic heterocycles. The van der Waals surface area contributed by atoms with Crippen LogP contribution in [0.2, 0.25) is 0 Å². The Kier molecular flexibility index (Phi) is 23.9. The molecule has 136 valence electrons. The molecule has 0 radical (unpaired) electrons. The summed E-state index contributed by atoms with van der Waals surface area (Å²) in [6.07, 6.45) is 16.0. The first-order chi connectivity index (χ1) is 10.7. The van der Waals surface area contributed by atoms with Gasteiger partial charge in [-0.05, 0) is 12.8 Å². The van der Waals surface area contributed by atoms with Crippen molar-refractivity contribution in [1.82, 2.24) is 0 Å². The van der Waals surface area contributed by atoms with Crippen molar-refractivity contribution in [1.29, 1.82) is 0 Å². The van der Waals surface area contributed by atoms with Crippen molar-refractivity contribution in [3.63, 3.8) is 0 Å². The van der Waals surface area contributed by atoms with E-state index >= 15 is 0 Å². The van der Waals surface area contributed by atoms with Crippen LogP contribution in [-0.2, 0) is 4.79 Å². The summed E-state index contributed by atoms with van der Waals surface area (Å²) in [5, 5.41) is 26.3. The van der Waals surface area contributed by atoms with E-state index < -0.39 is 12.1 Å². The average molecular weight is 456 g/mol. The van der Waals surface area contributed by atoms with Crippen molar-refractivity contribution in [2.24, 2.45) is 0 Å². The molecule has 0 aliphatic rings. The van der Waals surface area contributed by atoms with E-state index in [-0.39, 0.29) is 48.9 Å². The summed E-state index contributed by atoms with van der Waals surface area (Å²) in [6.45, 7) is 0.333. The quantitative estimate of drug-likeness (QED) is 0.232. The second-order valence-corrected chi connectivity index (χ2v) is 6.32. The van der Waals surface area contributed by atoms with Gasteiger partial charge >= 0.3 is 54.9 Å². The van der Waals surface area contributed by atoms with Crippen LogP contribution in [0.4, 0.5) is 0 Å². The second-order valence-electron chi connectivity index (χ2n) is 6.32. The molecule has 3 N–H and O–H groups in total. The minimum absolute atomic E-state index is 0. The minimum atomic E-state index is -1.18. The predicted molar refractivity (Wildman–Crippen MR) is 98.5 cm³/mol. The molecule has 0 aromatic carbocycles. The molecular weight excluding hydrogens is 418 g/mol. The Bertz CT molecular complexity index is 249. The molecule has 0 aromatic rings. The van der Waals surface area contributed by atoms with E-state index in [0.717, 1.165) is 25.7 Å². The molecule has 0 spiro atoms. The Morgan fingerprint density at radius 2 is 0.957 bits per heavy atom. The fourth-order valence-corrected chi connectivity index (χ4v) is 2.69. The molecule has 0 heterocycles. The first-order valence-electron chi connectivity index (χ1n) is 9.20. The first-order valence-corrected chi connectivity index (χ1v) is 9.20. The van der Waals surface area contributed by atoms with Crippen LogP contribution in [0.3, 0.4) is 0 Å². The number of rotatable bonds is 17. The maximum absolute atomic E-state index is 10.4. The van der Waals surface area contributed by atoms with Crippen molar-refractivity contribution in [2.45, 2.75) is 102 Å². The predicted octanol–water partition coefficient (Wildman–Crippen LogP) is 3.36. The molecule has 1 unspecified atom stereocenters. The summed E-state index contributed by atoms with van der Waals surface area (Å²) in [4.78, 5) is 10.4. The number of carboxylic acid groups (broad SMARTS) is 1. The van der Waals surface area contributed by atoms with E-state index in [1.54, 1.807) is 0 Å². The molecule has 4 nitrogen and oxygen atoms in total. The molecule has 0 fully saturated rings. The molecule has 0 aromatic heterocycles. The molecule has 0 rings (SSSR count). The number of carbonyl (C=O) groups is 1. The number of hydrogen-bond acceptors (Lipinski definition) is 3. The number of hydrogen-bond donors (Lipinski definition) is 3. The Morgan fingerprint density at radius 1 is 0.652 bits per heavy atom. The third kappa shape index (κ3) is 20.9. The maximum atomic E-state index is 10.4. The van der Waals surface area contributed by atoms with E-state index in [1.807, 2.05) is 0 Å². The van der Waals surface area contributed by atoms with Crippen molar-refractivity contribution in [3.05, 3.63) is 0 Å². The Balaban J connectivity index is 0. The third-order valence-corrected chi connectivity index (χ3v) is 4.17. The zero-order valence-electron chi connectivity index (χ0n) is 14.1. The van der Waals surface area contributed by atoms with Crippen molar-refractivity contribution in [2.75, 3.05) is 6.61 Å². The summed E-state index contributed by atoms with van der Waals surface area (Å²) in [5.41, 5.74) is 0. The topological polar surface area (TPSA) is 77.8 Å². The molecule has 0 bridgehead atoms. The molecule has 0 saturated carbocycles. The normalized spacial score (nSPS) is 11.9. The molecule has 0 aliphatic carbocycles. The van der Waals surface area contributed by atoms with E-state index in [4.69, 9.17) is 15.3 Å². The van der Waals surface area contributed by atoms with Crippen LogP contribution in [0.1, 0.15) is 96.3 Å². The van der Waals surface area contributed by atoms with Crippen LogP contribution in [-0.4, -0.2) is 82.9 Å². The van der Waals surface area contributed by atoms with E-state index in [9.17, 15) is 4.79 Å². The zero-order valence-corrected chi connectivity index (χ0v) is 14.1. The molecule has 0 amide bonds. The van der Waals surface area contributed by atoms with E-state index in [0.29, 0.717) is 13.0 Å². The van der Waals surface area contributed by atoms with Crippen molar-refractivity contribution >= 4 is 54.9 Å². The Labute approximate surface area is 182 Å². The van der Waals surface area contributed by atoms with Crippen LogP contribution >= 0.6 is 0 Å². The van der Waals surface area contributed by atoms with Gasteiger partial charge < -0.3 is 15.3 Å². The van der Waals surface area contributed by atoms with Gasteiger partial charge in [-0.15, -0.1) is 0 Å². The van der Waals surface area contributed by atoms with Gasteiger partial charge in [0.15, 0.2) is 6.10 Å². The first kappa shape index (κ1) is 26.2. The fraction of sp³-hybridized carbons (Fsp3) is 0.944. The average Bonchev–Trinajstić information content (AvgIpc) is 2.50. The SMILES string of the molecule is O=C(O)C(O)CCCCCCCCCCCCCCCCO.[BaH2]. The second kappa shape index (κ2) is 21.0. The van der Waals surface area contributed by atoms with Crippen molar-refractivity contribution < 1.29 is 20.1 Å². The molecule has 23 heavy (non-hydrogen) atoms. The number of aliphatic hydroxyl groups excluding tert-OH is 2. The van der Waals surface area contributed by atoms with Crippen LogP contribution in [0, 0.1) is 0 Å². The number of carboxylic acids is 1. The molecular formula is C18H38BaO4. The van der Waals surface area contributed by atoms with Gasteiger partial charge in [-0.1, -0.05) is 83.5 Å². The molecule has 1 atom stereocenters. The summed E-state index contributed by atoms with van der Waals surface area (Å²) in [6, 6.07) is 0. The van der Waals surface area contributed by atoms with Gasteiger partial charge in [-0.3, -0.25) is 0 Å². The zero-order chi connectivity index (χ0) is 16.5. The van der Waals surface area contributed by atoms with Gasteiger partial charge in [0.1, 0.15) is 0 Å². The van der Waals surface area contributed by atoms with Crippen molar-refractivity contribution in [3.8, 4) is 0 Å². The van der Waals surface area contributed by atoms with Gasteiger partial charge in [0.2, 0.25) is 0 Å². The van der Waals surface area contributed by atoms with Gasteiger partial charge in [0.05, 0.1) is 0 Å². The van der Waals surface area contributed by atoms with Crippen LogP contribution in [0.25, 0.3) is 0 Å². The van der Waals surface area contributed by atoms with Crippen LogP contribution < -0.4 is 0 Å². The standard InChI is InChI=1S/C18H36O4.Ba.2H/c19-16-14-12-10-8-6-4-2-1-3-5-7-9-11-13-15-17(20)18(21)22;;;/h17,19-20H,1-16H2,(H,21,22);;;. The summed E-state index contributed by atoms with van der Waals surface area (Å²) >= 11 is 0.